The lowest BCUT2D eigenvalue weighted by molar-refractivity contribution is -0.166. The minimum Gasteiger partial charge on any atom is -0.462 e. The standard InChI is InChI=1S/C55H86O6/c1-4-7-10-13-16-19-22-24-26-27-29-30-33-36-39-42-45-48-54(57)60-51-52(50-59-53(56)47-44-41-38-35-32-21-18-15-12-9-6-3)61-55(58)49-46-43-40-37-34-31-28-25-23-20-17-14-11-8-5-2/h7-8,10-11,15-20,24-26,28-30,34,37,43,46,52H,4-6,9,12-14,21-23,27,31-33,35-36,38-42,44-45,47-51H2,1-3H3/b10-7-,11-8-,18-15-,19-16-,20-17-,26-24-,28-25-,30-29-,37-34-,46-43-. The Morgan fingerprint density at radius 1 is 0.361 bits per heavy atom. The molecule has 1 atom stereocenters. The highest BCUT2D eigenvalue weighted by molar-refractivity contribution is 5.72. The van der Waals surface area contributed by atoms with Crippen LogP contribution < -0.4 is 0 Å². The van der Waals surface area contributed by atoms with Gasteiger partial charge in [-0.1, -0.05) is 187 Å². The molecule has 0 heterocycles. The van der Waals surface area contributed by atoms with Gasteiger partial charge in [0.05, 0.1) is 6.42 Å². The summed E-state index contributed by atoms with van der Waals surface area (Å²) >= 11 is 0. The highest BCUT2D eigenvalue weighted by Crippen LogP contribution is 2.11. The fraction of sp³-hybridized carbons (Fsp3) is 0.582. The number of unbranched alkanes of at least 4 members (excludes halogenated alkanes) is 11. The Labute approximate surface area is 373 Å². The maximum atomic E-state index is 12.7. The second kappa shape index (κ2) is 48.5. The Hall–Kier alpha value is -4.19. The van der Waals surface area contributed by atoms with Crippen LogP contribution in [-0.4, -0.2) is 37.2 Å². The van der Waals surface area contributed by atoms with Crippen molar-refractivity contribution in [1.29, 1.82) is 0 Å². The van der Waals surface area contributed by atoms with E-state index in [1.165, 1.54) is 25.7 Å². The van der Waals surface area contributed by atoms with E-state index in [2.05, 4.69) is 130 Å². The van der Waals surface area contributed by atoms with Crippen LogP contribution in [0.5, 0.6) is 0 Å². The topological polar surface area (TPSA) is 78.9 Å². The van der Waals surface area contributed by atoms with E-state index in [9.17, 15) is 14.4 Å². The molecular weight excluding hydrogens is 757 g/mol. The molecule has 342 valence electrons. The van der Waals surface area contributed by atoms with E-state index in [1.807, 2.05) is 6.08 Å². The quantitative estimate of drug-likeness (QED) is 0.0264. The summed E-state index contributed by atoms with van der Waals surface area (Å²) in [5, 5.41) is 0. The normalized spacial score (nSPS) is 13.2. The highest BCUT2D eigenvalue weighted by atomic mass is 16.6. The third-order valence-electron chi connectivity index (χ3n) is 9.46. The zero-order chi connectivity index (χ0) is 44.4. The molecule has 0 aromatic heterocycles. The van der Waals surface area contributed by atoms with E-state index in [-0.39, 0.29) is 31.6 Å². The predicted molar refractivity (Wildman–Crippen MR) is 260 cm³/mol. The molecule has 61 heavy (non-hydrogen) atoms. The van der Waals surface area contributed by atoms with Gasteiger partial charge in [0.1, 0.15) is 13.2 Å². The van der Waals surface area contributed by atoms with Crippen LogP contribution in [0, 0.1) is 0 Å². The molecule has 0 aliphatic carbocycles. The molecule has 0 aliphatic rings. The summed E-state index contributed by atoms with van der Waals surface area (Å²) in [6, 6.07) is 0. The molecule has 1 unspecified atom stereocenters. The Kier molecular flexibility index (Phi) is 45.1. The third kappa shape index (κ3) is 46.7. The van der Waals surface area contributed by atoms with Gasteiger partial charge in [0, 0.05) is 12.8 Å². The van der Waals surface area contributed by atoms with Crippen LogP contribution in [0.2, 0.25) is 0 Å². The van der Waals surface area contributed by atoms with Gasteiger partial charge in [-0.25, -0.2) is 0 Å². The first-order chi connectivity index (χ1) is 30.0. The zero-order valence-electron chi connectivity index (χ0n) is 38.9. The molecule has 0 amide bonds. The molecule has 0 aliphatic heterocycles. The minimum atomic E-state index is -0.848. The van der Waals surface area contributed by atoms with Crippen molar-refractivity contribution in [2.45, 2.75) is 194 Å². The van der Waals surface area contributed by atoms with Crippen molar-refractivity contribution in [3.8, 4) is 0 Å². The number of carbonyl (C=O) groups is 3. The van der Waals surface area contributed by atoms with Gasteiger partial charge in [0.25, 0.3) is 0 Å². The predicted octanol–water partition coefficient (Wildman–Crippen LogP) is 15.7. The Bertz CT molecular complexity index is 1340. The fourth-order valence-corrected chi connectivity index (χ4v) is 5.90. The van der Waals surface area contributed by atoms with Crippen LogP contribution in [0.25, 0.3) is 0 Å². The van der Waals surface area contributed by atoms with Crippen LogP contribution in [0.4, 0.5) is 0 Å². The molecule has 6 nitrogen and oxygen atoms in total. The van der Waals surface area contributed by atoms with Gasteiger partial charge in [0.15, 0.2) is 6.10 Å². The van der Waals surface area contributed by atoms with E-state index in [4.69, 9.17) is 14.2 Å². The van der Waals surface area contributed by atoms with Crippen molar-refractivity contribution in [3.05, 3.63) is 122 Å². The summed E-state index contributed by atoms with van der Waals surface area (Å²) in [4.78, 5) is 37.8. The van der Waals surface area contributed by atoms with Gasteiger partial charge in [0.2, 0.25) is 0 Å². The van der Waals surface area contributed by atoms with Crippen LogP contribution in [0.1, 0.15) is 188 Å². The highest BCUT2D eigenvalue weighted by Gasteiger charge is 2.19. The second-order valence-corrected chi connectivity index (χ2v) is 15.3. The number of esters is 3. The molecule has 0 saturated carbocycles. The van der Waals surface area contributed by atoms with Gasteiger partial charge in [-0.15, -0.1) is 0 Å². The molecular formula is C55H86O6. The largest absolute Gasteiger partial charge is 0.462 e. The van der Waals surface area contributed by atoms with Gasteiger partial charge >= 0.3 is 17.9 Å². The average Bonchev–Trinajstić information content (AvgIpc) is 3.26. The molecule has 0 spiro atoms. The molecule has 0 radical (unpaired) electrons. The number of ether oxygens (including phenoxy) is 3. The van der Waals surface area contributed by atoms with Crippen molar-refractivity contribution >= 4 is 17.9 Å². The lowest BCUT2D eigenvalue weighted by atomic mass is 10.1. The van der Waals surface area contributed by atoms with E-state index < -0.39 is 12.1 Å². The molecule has 6 heteroatoms. The Balaban J connectivity index is 4.58. The third-order valence-corrected chi connectivity index (χ3v) is 9.46. The monoisotopic (exact) mass is 843 g/mol. The smallest absolute Gasteiger partial charge is 0.310 e. The first kappa shape index (κ1) is 56.8. The molecule has 0 saturated heterocycles. The zero-order valence-corrected chi connectivity index (χ0v) is 38.9. The van der Waals surface area contributed by atoms with Crippen molar-refractivity contribution in [3.63, 3.8) is 0 Å². The number of hydrogen-bond donors (Lipinski definition) is 0. The maximum absolute atomic E-state index is 12.7. The molecule has 0 bridgehead atoms. The first-order valence-corrected chi connectivity index (χ1v) is 24.0. The summed E-state index contributed by atoms with van der Waals surface area (Å²) in [7, 11) is 0. The van der Waals surface area contributed by atoms with Gasteiger partial charge in [-0.2, -0.15) is 0 Å². The van der Waals surface area contributed by atoms with Crippen LogP contribution in [0.3, 0.4) is 0 Å². The van der Waals surface area contributed by atoms with E-state index in [1.54, 1.807) is 6.08 Å². The van der Waals surface area contributed by atoms with E-state index >= 15 is 0 Å². The first-order valence-electron chi connectivity index (χ1n) is 24.0. The van der Waals surface area contributed by atoms with E-state index in [0.29, 0.717) is 19.3 Å². The van der Waals surface area contributed by atoms with Crippen LogP contribution in [0.15, 0.2) is 122 Å². The van der Waals surface area contributed by atoms with Crippen LogP contribution >= 0.6 is 0 Å². The Morgan fingerprint density at radius 3 is 1.10 bits per heavy atom. The summed E-state index contributed by atoms with van der Waals surface area (Å²) < 4.78 is 16.6. The molecule has 0 rings (SSSR count). The van der Waals surface area contributed by atoms with Gasteiger partial charge in [-0.3, -0.25) is 14.4 Å². The van der Waals surface area contributed by atoms with Crippen molar-refractivity contribution in [2.24, 2.45) is 0 Å². The summed E-state index contributed by atoms with van der Waals surface area (Å²) in [5.41, 5.74) is 0. The molecule has 0 aromatic carbocycles. The van der Waals surface area contributed by atoms with Crippen molar-refractivity contribution in [1.82, 2.24) is 0 Å². The Morgan fingerprint density at radius 2 is 0.689 bits per heavy atom. The van der Waals surface area contributed by atoms with Gasteiger partial charge in [-0.05, 0) is 103 Å². The summed E-state index contributed by atoms with van der Waals surface area (Å²) in [6.45, 7) is 6.23. The van der Waals surface area contributed by atoms with Crippen molar-refractivity contribution < 1.29 is 28.6 Å². The molecule has 0 N–H and O–H groups in total. The fourth-order valence-electron chi connectivity index (χ4n) is 5.90. The van der Waals surface area contributed by atoms with Crippen LogP contribution in [-0.2, 0) is 28.6 Å². The number of rotatable bonds is 41. The maximum Gasteiger partial charge on any atom is 0.310 e. The minimum absolute atomic E-state index is 0.0847. The number of allylic oxidation sites excluding steroid dienone is 19. The van der Waals surface area contributed by atoms with Gasteiger partial charge < -0.3 is 14.2 Å². The number of carbonyl (C=O) groups excluding carboxylic acids is 3. The molecule has 0 fully saturated rings. The SMILES string of the molecule is CC/C=C\C/C=C\C/C=C\C/C=C\C/C=C\CC(=O)OC(COC(=O)CCCCCC/C=C\C/C=C\C/C=C\C/C=C\CC)COC(=O)CCCCCCC/C=C\CCCC. The van der Waals surface area contributed by atoms with Crippen molar-refractivity contribution in [2.75, 3.05) is 13.2 Å². The summed E-state index contributed by atoms with van der Waals surface area (Å²) in [6.07, 6.45) is 66.3. The average molecular weight is 843 g/mol. The number of hydrogen-bond acceptors (Lipinski definition) is 6. The lowest BCUT2D eigenvalue weighted by Gasteiger charge is -2.18. The lowest BCUT2D eigenvalue weighted by Crippen LogP contribution is -2.30. The molecule has 0 aromatic rings. The summed E-state index contributed by atoms with van der Waals surface area (Å²) in [5.74, 6) is -1.11. The second-order valence-electron chi connectivity index (χ2n) is 15.3. The van der Waals surface area contributed by atoms with E-state index in [0.717, 1.165) is 116 Å².